The van der Waals surface area contributed by atoms with Gasteiger partial charge in [-0.2, -0.15) is 0 Å². The highest BCUT2D eigenvalue weighted by molar-refractivity contribution is 5.98. The van der Waals surface area contributed by atoms with Gasteiger partial charge in [0.05, 0.1) is 5.60 Å². The topological polar surface area (TPSA) is 54.4 Å². The molecule has 0 saturated heterocycles. The van der Waals surface area contributed by atoms with E-state index in [4.69, 9.17) is 0 Å². The lowest BCUT2D eigenvalue weighted by molar-refractivity contribution is -0.143. The van der Waals surface area contributed by atoms with Crippen molar-refractivity contribution >= 4 is 11.6 Å². The van der Waals surface area contributed by atoms with E-state index in [1.807, 2.05) is 0 Å². The summed E-state index contributed by atoms with van der Waals surface area (Å²) in [5.74, 6) is 2.36. The van der Waals surface area contributed by atoms with Crippen LogP contribution in [-0.4, -0.2) is 22.3 Å². The first-order valence-electron chi connectivity index (χ1n) is 12.6. The average molecular weight is 427 g/mol. The molecule has 172 valence electrons. The Hall–Kier alpha value is -1.22. The summed E-state index contributed by atoms with van der Waals surface area (Å²) in [4.78, 5) is 25.3. The Morgan fingerprint density at radius 2 is 1.71 bits per heavy atom. The molecule has 0 amide bonds. The number of ketones is 2. The summed E-state index contributed by atoms with van der Waals surface area (Å²) >= 11 is 0. The molecule has 0 aromatic carbocycles. The lowest BCUT2D eigenvalue weighted by atomic mass is 9.46. The molecular weight excluding hydrogens is 384 g/mol. The van der Waals surface area contributed by atoms with E-state index in [1.165, 1.54) is 0 Å². The number of rotatable bonds is 4. The smallest absolute Gasteiger partial charge is 0.159 e. The summed E-state index contributed by atoms with van der Waals surface area (Å²) in [6, 6.07) is 0. The molecule has 3 nitrogen and oxygen atoms in total. The summed E-state index contributed by atoms with van der Waals surface area (Å²) < 4.78 is 0. The summed E-state index contributed by atoms with van der Waals surface area (Å²) in [6.45, 7) is 13.6. The van der Waals surface area contributed by atoms with E-state index in [1.54, 1.807) is 6.08 Å². The Kier molecular flexibility index (Phi) is 5.69. The number of hydrogen-bond donors (Lipinski definition) is 1. The van der Waals surface area contributed by atoms with Gasteiger partial charge in [0.1, 0.15) is 5.78 Å². The second-order valence-electron chi connectivity index (χ2n) is 12.2. The van der Waals surface area contributed by atoms with Gasteiger partial charge in [0.2, 0.25) is 0 Å². The Balaban J connectivity index is 1.65. The zero-order valence-electron chi connectivity index (χ0n) is 20.4. The maximum absolute atomic E-state index is 13.2. The van der Waals surface area contributed by atoms with Crippen LogP contribution in [0.2, 0.25) is 0 Å². The van der Waals surface area contributed by atoms with E-state index >= 15 is 0 Å². The molecule has 0 heterocycles. The summed E-state index contributed by atoms with van der Waals surface area (Å²) in [5.41, 5.74) is -0.262. The number of aliphatic hydroxyl groups is 1. The van der Waals surface area contributed by atoms with Crippen LogP contribution >= 0.6 is 0 Å². The van der Waals surface area contributed by atoms with Crippen LogP contribution in [0.1, 0.15) is 86.5 Å². The highest BCUT2D eigenvalue weighted by Crippen LogP contribution is 2.67. The maximum atomic E-state index is 13.2. The molecule has 0 spiro atoms. The van der Waals surface area contributed by atoms with Crippen molar-refractivity contribution in [3.8, 4) is 0 Å². The molecule has 4 aliphatic rings. The van der Waals surface area contributed by atoms with Gasteiger partial charge < -0.3 is 5.11 Å². The second-order valence-corrected chi connectivity index (χ2v) is 12.2. The lowest BCUT2D eigenvalue weighted by Gasteiger charge is -2.59. The van der Waals surface area contributed by atoms with Crippen LogP contribution in [0.25, 0.3) is 0 Å². The molecule has 3 fully saturated rings. The lowest BCUT2D eigenvalue weighted by Crippen LogP contribution is -2.59. The molecule has 8 atom stereocenters. The first kappa shape index (κ1) is 23.0. The van der Waals surface area contributed by atoms with Crippen molar-refractivity contribution in [3.05, 3.63) is 23.8 Å². The van der Waals surface area contributed by atoms with Crippen molar-refractivity contribution in [2.45, 2.75) is 92.1 Å². The van der Waals surface area contributed by atoms with E-state index in [0.29, 0.717) is 36.5 Å². The average Bonchev–Trinajstić information content (AvgIpc) is 2.99. The molecule has 0 radical (unpaired) electrons. The number of carbonyl (C=O) groups excluding carboxylic acids is 2. The van der Waals surface area contributed by atoms with E-state index in [9.17, 15) is 14.7 Å². The van der Waals surface area contributed by atoms with Crippen molar-refractivity contribution < 1.29 is 14.7 Å². The molecule has 0 bridgehead atoms. The Labute approximate surface area is 188 Å². The summed E-state index contributed by atoms with van der Waals surface area (Å²) in [6.07, 6.45) is 12.1. The third kappa shape index (κ3) is 3.33. The maximum Gasteiger partial charge on any atom is 0.159 e. The van der Waals surface area contributed by atoms with Crippen LogP contribution in [0.5, 0.6) is 0 Å². The molecule has 31 heavy (non-hydrogen) atoms. The van der Waals surface area contributed by atoms with Crippen LogP contribution in [-0.2, 0) is 9.59 Å². The first-order chi connectivity index (χ1) is 14.4. The van der Waals surface area contributed by atoms with Crippen LogP contribution < -0.4 is 0 Å². The third-order valence-corrected chi connectivity index (χ3v) is 10.4. The minimum atomic E-state index is -0.891. The molecule has 0 aromatic rings. The van der Waals surface area contributed by atoms with Gasteiger partial charge in [0.15, 0.2) is 5.78 Å². The monoisotopic (exact) mass is 426 g/mol. The second kappa shape index (κ2) is 7.68. The molecule has 4 aliphatic carbocycles. The fourth-order valence-corrected chi connectivity index (χ4v) is 7.73. The van der Waals surface area contributed by atoms with Gasteiger partial charge in [-0.25, -0.2) is 0 Å². The highest BCUT2D eigenvalue weighted by Gasteiger charge is 2.66. The minimum Gasteiger partial charge on any atom is -0.385 e. The largest absolute Gasteiger partial charge is 0.385 e. The molecule has 0 aromatic heterocycles. The van der Waals surface area contributed by atoms with Crippen molar-refractivity contribution in [2.75, 3.05) is 0 Å². The Bertz CT molecular complexity index is 822. The number of Topliss-reactive ketones (excluding diaryl/α,β-unsaturated/α-hetero) is 1. The minimum absolute atomic E-state index is 0.0848. The van der Waals surface area contributed by atoms with Crippen molar-refractivity contribution in [2.24, 2.45) is 46.3 Å². The SMILES string of the molecule is CC(C)[C@@H](C)C=C[C@@H](C)[C@H]1CC[C@@]2(O)C3=CC(=O)C4CC(=O)CC[C@]4(C)[C@H]3CC[C@]12C. The molecule has 3 saturated carbocycles. The van der Waals surface area contributed by atoms with Crippen molar-refractivity contribution in [3.63, 3.8) is 0 Å². The van der Waals surface area contributed by atoms with E-state index in [-0.39, 0.29) is 34.2 Å². The van der Waals surface area contributed by atoms with Crippen LogP contribution in [0.3, 0.4) is 0 Å². The van der Waals surface area contributed by atoms with Gasteiger partial charge in [0.25, 0.3) is 0 Å². The molecule has 3 heteroatoms. The van der Waals surface area contributed by atoms with Gasteiger partial charge in [0, 0.05) is 24.2 Å². The van der Waals surface area contributed by atoms with Gasteiger partial charge in [-0.3, -0.25) is 9.59 Å². The fourth-order valence-electron chi connectivity index (χ4n) is 7.73. The third-order valence-electron chi connectivity index (χ3n) is 10.4. The molecule has 0 aliphatic heterocycles. The van der Waals surface area contributed by atoms with E-state index in [2.05, 4.69) is 53.7 Å². The predicted octanol–water partition coefficient (Wildman–Crippen LogP) is 5.91. The van der Waals surface area contributed by atoms with E-state index < -0.39 is 5.60 Å². The molecular formula is C28H42O3. The summed E-state index contributed by atoms with van der Waals surface area (Å²) in [5, 5.41) is 12.2. The number of carbonyl (C=O) groups is 2. The first-order valence-corrected chi connectivity index (χ1v) is 12.6. The van der Waals surface area contributed by atoms with Crippen LogP contribution in [0.4, 0.5) is 0 Å². The zero-order chi connectivity index (χ0) is 22.8. The quantitative estimate of drug-likeness (QED) is 0.568. The van der Waals surface area contributed by atoms with Gasteiger partial charge in [-0.05, 0) is 78.8 Å². The van der Waals surface area contributed by atoms with Gasteiger partial charge in [-0.1, -0.05) is 53.7 Å². The number of allylic oxidation sites excluding steroid dienone is 3. The number of fused-ring (bicyclic) bond motifs is 5. The van der Waals surface area contributed by atoms with Crippen LogP contribution in [0, 0.1) is 46.3 Å². The zero-order valence-corrected chi connectivity index (χ0v) is 20.4. The van der Waals surface area contributed by atoms with Gasteiger partial charge >= 0.3 is 0 Å². The van der Waals surface area contributed by atoms with Crippen molar-refractivity contribution in [1.29, 1.82) is 0 Å². The molecule has 1 N–H and O–H groups in total. The number of hydrogen-bond acceptors (Lipinski definition) is 3. The molecule has 4 rings (SSSR count). The Morgan fingerprint density at radius 3 is 2.39 bits per heavy atom. The molecule has 1 unspecified atom stereocenters. The van der Waals surface area contributed by atoms with Crippen molar-refractivity contribution in [1.82, 2.24) is 0 Å². The standard InChI is InChI=1S/C28H42O3/c1-17(2)18(3)7-8-19(4)21-11-14-28(31)23-16-25(30)24-15-20(29)9-12-26(24,5)22(23)10-13-27(21,28)6/h7-8,16-19,21-22,24,31H,9-15H2,1-6H3/t18-,19+,21+,22-,24?,26+,27+,28+/m0/s1. The van der Waals surface area contributed by atoms with Crippen LogP contribution in [0.15, 0.2) is 23.8 Å². The normalized spacial score (nSPS) is 44.6. The predicted molar refractivity (Wildman–Crippen MR) is 124 cm³/mol. The fraction of sp³-hybridized carbons (Fsp3) is 0.786. The Morgan fingerprint density at radius 1 is 1.00 bits per heavy atom. The van der Waals surface area contributed by atoms with Gasteiger partial charge in [-0.15, -0.1) is 0 Å². The van der Waals surface area contributed by atoms with E-state index in [0.717, 1.165) is 37.7 Å². The summed E-state index contributed by atoms with van der Waals surface area (Å²) in [7, 11) is 0. The highest BCUT2D eigenvalue weighted by atomic mass is 16.3.